The molecule has 1 aliphatic carbocycles. The highest BCUT2D eigenvalue weighted by Gasteiger charge is 2.15. The number of amides is 1. The highest BCUT2D eigenvalue weighted by atomic mass is 35.5. The Balaban J connectivity index is 1.34. The molecule has 0 fully saturated rings. The number of imidazole rings is 1. The summed E-state index contributed by atoms with van der Waals surface area (Å²) in [5.74, 6) is 0.963. The minimum Gasteiger partial charge on any atom is -0.410 e. The van der Waals surface area contributed by atoms with Crippen LogP contribution in [-0.2, 0) is 12.8 Å². The summed E-state index contributed by atoms with van der Waals surface area (Å²) in [7, 11) is 0. The molecule has 0 bridgehead atoms. The molecule has 0 spiro atoms. The lowest BCUT2D eigenvalue weighted by Gasteiger charge is -2.16. The van der Waals surface area contributed by atoms with Crippen LogP contribution >= 0.6 is 23.2 Å². The van der Waals surface area contributed by atoms with Gasteiger partial charge in [0, 0.05) is 11.8 Å². The van der Waals surface area contributed by atoms with Crippen molar-refractivity contribution >= 4 is 46.0 Å². The van der Waals surface area contributed by atoms with Crippen molar-refractivity contribution in [1.29, 1.82) is 0 Å². The van der Waals surface area contributed by atoms with Crippen molar-refractivity contribution in [2.24, 2.45) is 0 Å². The van der Waals surface area contributed by atoms with Crippen molar-refractivity contribution in [3.05, 3.63) is 75.8 Å². The summed E-state index contributed by atoms with van der Waals surface area (Å²) in [4.78, 5) is 20.2. The monoisotopic (exact) mass is 451 g/mol. The Labute approximate surface area is 189 Å². The Bertz CT molecular complexity index is 1280. The van der Waals surface area contributed by atoms with Gasteiger partial charge in [-0.1, -0.05) is 35.3 Å². The zero-order valence-electron chi connectivity index (χ0n) is 16.5. The topological polar surface area (TPSA) is 67.0 Å². The maximum Gasteiger partial charge on any atom is 0.417 e. The number of ether oxygens (including phenoxy) is 1. The predicted molar refractivity (Wildman–Crippen MR) is 124 cm³/mol. The van der Waals surface area contributed by atoms with Crippen LogP contribution in [0.4, 0.5) is 10.5 Å². The summed E-state index contributed by atoms with van der Waals surface area (Å²) in [5, 5.41) is 3.83. The molecule has 3 aromatic carbocycles. The second kappa shape index (κ2) is 8.25. The molecule has 1 aromatic heterocycles. The number of hydrogen-bond acceptors (Lipinski definition) is 3. The van der Waals surface area contributed by atoms with E-state index in [1.165, 1.54) is 24.0 Å². The van der Waals surface area contributed by atoms with Crippen molar-refractivity contribution in [1.82, 2.24) is 9.97 Å². The molecule has 0 saturated carbocycles. The Morgan fingerprint density at radius 2 is 1.74 bits per heavy atom. The van der Waals surface area contributed by atoms with Gasteiger partial charge in [0.1, 0.15) is 11.6 Å². The van der Waals surface area contributed by atoms with Gasteiger partial charge in [0.25, 0.3) is 0 Å². The van der Waals surface area contributed by atoms with Crippen LogP contribution in [0.25, 0.3) is 22.4 Å². The SMILES string of the molecule is O=C(Nc1ccc2c(c1)CCCC2)Oc1ccc2nc(-c3c(Cl)cccc3Cl)[nH]c2c1. The number of nitrogens with zero attached hydrogens (tertiary/aromatic N) is 1. The fraction of sp³-hybridized carbons (Fsp3) is 0.167. The molecule has 1 aliphatic rings. The van der Waals surface area contributed by atoms with Gasteiger partial charge in [0.05, 0.1) is 26.6 Å². The third-order valence-electron chi connectivity index (χ3n) is 5.46. The van der Waals surface area contributed by atoms with Gasteiger partial charge in [-0.15, -0.1) is 0 Å². The molecule has 0 atom stereocenters. The lowest BCUT2D eigenvalue weighted by Crippen LogP contribution is -2.17. The molecule has 0 saturated heterocycles. The van der Waals surface area contributed by atoms with Crippen LogP contribution in [0.1, 0.15) is 24.0 Å². The maximum absolute atomic E-state index is 12.4. The van der Waals surface area contributed by atoms with Crippen LogP contribution in [-0.4, -0.2) is 16.1 Å². The molecular formula is C24H19Cl2N3O2. The standard InChI is InChI=1S/C24H19Cl2N3O2/c25-18-6-3-7-19(26)22(18)23-28-20-11-10-17(13-21(20)29-23)31-24(30)27-16-9-8-14-4-1-2-5-15(14)12-16/h3,6-13H,1-2,4-5H2,(H,27,30)(H,28,29). The van der Waals surface area contributed by atoms with Gasteiger partial charge in [-0.25, -0.2) is 9.78 Å². The normalized spacial score (nSPS) is 13.1. The number of H-pyrrole nitrogens is 1. The van der Waals surface area contributed by atoms with Crippen molar-refractivity contribution in [2.75, 3.05) is 5.32 Å². The van der Waals surface area contributed by atoms with Crippen molar-refractivity contribution in [3.63, 3.8) is 0 Å². The Hall–Kier alpha value is -3.02. The van der Waals surface area contributed by atoms with E-state index >= 15 is 0 Å². The number of benzene rings is 3. The van der Waals surface area contributed by atoms with E-state index in [-0.39, 0.29) is 0 Å². The number of halogens is 2. The molecule has 4 aromatic rings. The highest BCUT2D eigenvalue weighted by molar-refractivity contribution is 6.39. The maximum atomic E-state index is 12.4. The van der Waals surface area contributed by atoms with Crippen LogP contribution in [0.2, 0.25) is 10.0 Å². The molecule has 7 heteroatoms. The fourth-order valence-corrected chi connectivity index (χ4v) is 4.53. The second-order valence-electron chi connectivity index (χ2n) is 7.57. The molecule has 1 amide bonds. The first-order chi connectivity index (χ1) is 15.1. The molecule has 5 rings (SSSR count). The van der Waals surface area contributed by atoms with Gasteiger partial charge in [-0.2, -0.15) is 0 Å². The van der Waals surface area contributed by atoms with Gasteiger partial charge in [-0.05, 0) is 73.2 Å². The number of aromatic amines is 1. The number of aromatic nitrogens is 2. The molecule has 0 unspecified atom stereocenters. The number of rotatable bonds is 3. The Morgan fingerprint density at radius 1 is 0.968 bits per heavy atom. The van der Waals surface area contributed by atoms with E-state index in [0.717, 1.165) is 18.5 Å². The van der Waals surface area contributed by atoms with E-state index in [4.69, 9.17) is 27.9 Å². The molecule has 2 N–H and O–H groups in total. The van der Waals surface area contributed by atoms with Crippen LogP contribution in [0.3, 0.4) is 0 Å². The molecule has 0 aliphatic heterocycles. The van der Waals surface area contributed by atoms with Crippen LogP contribution in [0.5, 0.6) is 5.75 Å². The van der Waals surface area contributed by atoms with E-state index in [2.05, 4.69) is 21.4 Å². The summed E-state index contributed by atoms with van der Waals surface area (Å²) in [6.45, 7) is 0. The third-order valence-corrected chi connectivity index (χ3v) is 6.09. The van der Waals surface area contributed by atoms with E-state index in [9.17, 15) is 4.79 Å². The van der Waals surface area contributed by atoms with Crippen LogP contribution < -0.4 is 10.1 Å². The molecule has 1 heterocycles. The quantitative estimate of drug-likeness (QED) is 0.351. The third kappa shape index (κ3) is 4.11. The van der Waals surface area contributed by atoms with Crippen molar-refractivity contribution < 1.29 is 9.53 Å². The molecule has 5 nitrogen and oxygen atoms in total. The van der Waals surface area contributed by atoms with Gasteiger partial charge >= 0.3 is 6.09 Å². The van der Waals surface area contributed by atoms with Gasteiger partial charge in [-0.3, -0.25) is 5.32 Å². The Kier molecular flexibility index (Phi) is 5.30. The fourth-order valence-electron chi connectivity index (χ4n) is 3.96. The first-order valence-electron chi connectivity index (χ1n) is 10.1. The summed E-state index contributed by atoms with van der Waals surface area (Å²) < 4.78 is 5.48. The van der Waals surface area contributed by atoms with E-state index in [0.29, 0.717) is 38.2 Å². The van der Waals surface area contributed by atoms with Crippen LogP contribution in [0, 0.1) is 0 Å². The Morgan fingerprint density at radius 3 is 2.55 bits per heavy atom. The van der Waals surface area contributed by atoms with Gasteiger partial charge in [0.15, 0.2) is 0 Å². The number of anilines is 1. The number of fused-ring (bicyclic) bond motifs is 2. The van der Waals surface area contributed by atoms with Crippen molar-refractivity contribution in [3.8, 4) is 17.1 Å². The number of hydrogen-bond donors (Lipinski definition) is 2. The molecular weight excluding hydrogens is 433 g/mol. The smallest absolute Gasteiger partial charge is 0.410 e. The molecule has 0 radical (unpaired) electrons. The average molecular weight is 452 g/mol. The minimum absolute atomic E-state index is 0.406. The first kappa shape index (κ1) is 19.9. The lowest BCUT2D eigenvalue weighted by molar-refractivity contribution is 0.215. The zero-order chi connectivity index (χ0) is 21.4. The molecule has 31 heavy (non-hydrogen) atoms. The van der Waals surface area contributed by atoms with E-state index < -0.39 is 6.09 Å². The van der Waals surface area contributed by atoms with Gasteiger partial charge < -0.3 is 9.72 Å². The van der Waals surface area contributed by atoms with Gasteiger partial charge in [0.2, 0.25) is 0 Å². The van der Waals surface area contributed by atoms with Crippen molar-refractivity contribution in [2.45, 2.75) is 25.7 Å². The highest BCUT2D eigenvalue weighted by Crippen LogP contribution is 2.34. The number of carbonyl (C=O) groups excluding carboxylic acids is 1. The number of aryl methyl sites for hydroxylation is 2. The number of carbonyl (C=O) groups is 1. The zero-order valence-corrected chi connectivity index (χ0v) is 18.1. The predicted octanol–water partition coefficient (Wildman–Crippen LogP) is 7.03. The largest absolute Gasteiger partial charge is 0.417 e. The average Bonchev–Trinajstić information content (AvgIpc) is 3.16. The second-order valence-corrected chi connectivity index (χ2v) is 8.38. The minimum atomic E-state index is -0.538. The summed E-state index contributed by atoms with van der Waals surface area (Å²) in [6, 6.07) is 16.5. The number of nitrogens with one attached hydrogen (secondary N) is 2. The summed E-state index contributed by atoms with van der Waals surface area (Å²) in [5.41, 5.74) is 5.47. The van der Waals surface area contributed by atoms with Crippen LogP contribution in [0.15, 0.2) is 54.6 Å². The van der Waals surface area contributed by atoms with E-state index in [1.807, 2.05) is 12.1 Å². The summed E-state index contributed by atoms with van der Waals surface area (Å²) >= 11 is 12.6. The lowest BCUT2D eigenvalue weighted by atomic mass is 9.91. The summed E-state index contributed by atoms with van der Waals surface area (Å²) in [6.07, 6.45) is 4.03. The first-order valence-corrected chi connectivity index (χ1v) is 10.9. The van der Waals surface area contributed by atoms with E-state index in [1.54, 1.807) is 36.4 Å². The molecule has 156 valence electrons.